The lowest BCUT2D eigenvalue weighted by Crippen LogP contribution is -2.54. The summed E-state index contributed by atoms with van der Waals surface area (Å²) >= 11 is 5.66. The van der Waals surface area contributed by atoms with Gasteiger partial charge in [0.1, 0.15) is 11.5 Å². The first-order chi connectivity index (χ1) is 13.0. The number of piperazine rings is 1. The first kappa shape index (κ1) is 19.3. The van der Waals surface area contributed by atoms with Crippen LogP contribution in [0.2, 0.25) is 0 Å². The van der Waals surface area contributed by atoms with Crippen molar-refractivity contribution in [2.45, 2.75) is 19.9 Å². The molecule has 0 amide bonds. The fourth-order valence-corrected chi connectivity index (χ4v) is 3.63. The summed E-state index contributed by atoms with van der Waals surface area (Å²) in [6, 6.07) is 14.8. The average molecular weight is 386 g/mol. The summed E-state index contributed by atoms with van der Waals surface area (Å²) in [4.78, 5) is 4.66. The molecule has 0 aliphatic carbocycles. The number of anilines is 2. The van der Waals surface area contributed by atoms with Gasteiger partial charge >= 0.3 is 0 Å². The third-order valence-electron chi connectivity index (χ3n) is 4.88. The molecular weight excluding hydrogens is 358 g/mol. The molecular formula is C21H27N3O2S. The van der Waals surface area contributed by atoms with Crippen LogP contribution < -0.4 is 19.7 Å². The van der Waals surface area contributed by atoms with Crippen LogP contribution in [0, 0.1) is 6.92 Å². The van der Waals surface area contributed by atoms with Gasteiger partial charge in [-0.2, -0.15) is 0 Å². The van der Waals surface area contributed by atoms with Crippen LogP contribution in [0.5, 0.6) is 11.5 Å². The Morgan fingerprint density at radius 1 is 1.04 bits per heavy atom. The molecule has 0 spiro atoms. The van der Waals surface area contributed by atoms with Gasteiger partial charge in [-0.15, -0.1) is 0 Å². The van der Waals surface area contributed by atoms with Crippen LogP contribution in [0.15, 0.2) is 42.5 Å². The molecule has 1 saturated heterocycles. The zero-order valence-electron chi connectivity index (χ0n) is 16.4. The Labute approximate surface area is 166 Å². The minimum Gasteiger partial charge on any atom is -0.497 e. The highest BCUT2D eigenvalue weighted by molar-refractivity contribution is 7.80. The monoisotopic (exact) mass is 385 g/mol. The molecule has 1 aliphatic rings. The number of nitrogens with one attached hydrogen (secondary N) is 1. The fraction of sp³-hybridized carbons (Fsp3) is 0.381. The van der Waals surface area contributed by atoms with Gasteiger partial charge in [0.2, 0.25) is 0 Å². The van der Waals surface area contributed by atoms with Gasteiger partial charge in [-0.25, -0.2) is 0 Å². The van der Waals surface area contributed by atoms with E-state index in [0.29, 0.717) is 6.04 Å². The molecule has 1 heterocycles. The lowest BCUT2D eigenvalue weighted by atomic mass is 10.1. The predicted octanol–water partition coefficient (Wildman–Crippen LogP) is 3.92. The summed E-state index contributed by atoms with van der Waals surface area (Å²) in [6.07, 6.45) is 0. The third-order valence-corrected chi connectivity index (χ3v) is 5.24. The van der Waals surface area contributed by atoms with E-state index in [-0.39, 0.29) is 0 Å². The highest BCUT2D eigenvalue weighted by atomic mass is 32.1. The first-order valence-electron chi connectivity index (χ1n) is 9.12. The number of methoxy groups -OCH3 is 2. The molecule has 3 rings (SSSR count). The van der Waals surface area contributed by atoms with E-state index in [0.717, 1.165) is 41.9 Å². The van der Waals surface area contributed by atoms with Crippen molar-refractivity contribution in [1.82, 2.24) is 4.90 Å². The SMILES string of the molecule is COc1cc(NC(=S)N2CCN(c3ccc(C)cc3)[C@H](C)C2)cc(OC)c1. The van der Waals surface area contributed by atoms with Crippen LogP contribution in [0.4, 0.5) is 11.4 Å². The Morgan fingerprint density at radius 2 is 1.67 bits per heavy atom. The van der Waals surface area contributed by atoms with Crippen LogP contribution in [-0.4, -0.2) is 49.9 Å². The van der Waals surface area contributed by atoms with Crippen LogP contribution in [0.3, 0.4) is 0 Å². The molecule has 0 bridgehead atoms. The van der Waals surface area contributed by atoms with Crippen LogP contribution >= 0.6 is 12.2 Å². The Balaban J connectivity index is 1.65. The van der Waals surface area contributed by atoms with Crippen molar-refractivity contribution in [3.8, 4) is 11.5 Å². The quantitative estimate of drug-likeness (QED) is 0.804. The molecule has 1 N–H and O–H groups in total. The molecule has 1 aliphatic heterocycles. The summed E-state index contributed by atoms with van der Waals surface area (Å²) in [5.41, 5.74) is 3.41. The van der Waals surface area contributed by atoms with Gasteiger partial charge in [0, 0.05) is 55.2 Å². The lowest BCUT2D eigenvalue weighted by molar-refractivity contribution is 0.342. The second kappa shape index (κ2) is 8.48. The van der Waals surface area contributed by atoms with Crippen molar-refractivity contribution in [1.29, 1.82) is 0 Å². The third kappa shape index (κ3) is 4.63. The Bertz CT molecular complexity index is 772. The Hall–Kier alpha value is -2.47. The molecule has 2 aromatic rings. The van der Waals surface area contributed by atoms with Crippen molar-refractivity contribution in [3.63, 3.8) is 0 Å². The van der Waals surface area contributed by atoms with Gasteiger partial charge < -0.3 is 24.6 Å². The number of aryl methyl sites for hydroxylation is 1. The fourth-order valence-electron chi connectivity index (χ4n) is 3.34. The number of hydrogen-bond donors (Lipinski definition) is 1. The van der Waals surface area contributed by atoms with Gasteiger partial charge in [0.15, 0.2) is 5.11 Å². The average Bonchev–Trinajstić information content (AvgIpc) is 2.68. The number of rotatable bonds is 4. The van der Waals surface area contributed by atoms with Gasteiger partial charge in [-0.05, 0) is 38.2 Å². The standard InChI is InChI=1S/C21H27N3O2S/c1-15-5-7-18(8-6-15)24-10-9-23(14-16(24)2)21(27)22-17-11-19(25-3)13-20(12-17)26-4/h5-8,11-13,16H,9-10,14H2,1-4H3,(H,22,27)/t16-/m1/s1. The van der Waals surface area contributed by atoms with E-state index >= 15 is 0 Å². The van der Waals surface area contributed by atoms with E-state index in [2.05, 4.69) is 53.2 Å². The Morgan fingerprint density at radius 3 is 2.22 bits per heavy atom. The molecule has 5 nitrogen and oxygen atoms in total. The summed E-state index contributed by atoms with van der Waals surface area (Å²) in [5, 5.41) is 4.05. The number of thiocarbonyl (C=S) groups is 1. The number of nitrogens with zero attached hydrogens (tertiary/aromatic N) is 2. The highest BCUT2D eigenvalue weighted by Crippen LogP contribution is 2.26. The molecule has 0 unspecified atom stereocenters. The molecule has 144 valence electrons. The van der Waals surface area contributed by atoms with Gasteiger partial charge in [-0.1, -0.05) is 17.7 Å². The summed E-state index contributed by atoms with van der Waals surface area (Å²) < 4.78 is 10.7. The first-order valence-corrected chi connectivity index (χ1v) is 9.53. The van der Waals surface area contributed by atoms with Crippen LogP contribution in [0.1, 0.15) is 12.5 Å². The molecule has 2 aromatic carbocycles. The molecule has 1 atom stereocenters. The smallest absolute Gasteiger partial charge is 0.173 e. The molecule has 27 heavy (non-hydrogen) atoms. The molecule has 6 heteroatoms. The topological polar surface area (TPSA) is 37.0 Å². The van der Waals surface area contributed by atoms with Crippen molar-refractivity contribution in [2.24, 2.45) is 0 Å². The van der Waals surface area contributed by atoms with E-state index in [1.807, 2.05) is 18.2 Å². The minimum atomic E-state index is 0.376. The van der Waals surface area contributed by atoms with Gasteiger partial charge in [0.05, 0.1) is 14.2 Å². The lowest BCUT2D eigenvalue weighted by Gasteiger charge is -2.42. The highest BCUT2D eigenvalue weighted by Gasteiger charge is 2.25. The van der Waals surface area contributed by atoms with Crippen LogP contribution in [0.25, 0.3) is 0 Å². The number of benzene rings is 2. The maximum Gasteiger partial charge on any atom is 0.173 e. The normalized spacial score (nSPS) is 16.8. The van der Waals surface area contributed by atoms with E-state index in [1.54, 1.807) is 14.2 Å². The number of hydrogen-bond acceptors (Lipinski definition) is 4. The molecule has 1 fully saturated rings. The zero-order valence-corrected chi connectivity index (χ0v) is 17.2. The molecule has 0 radical (unpaired) electrons. The largest absolute Gasteiger partial charge is 0.497 e. The van der Waals surface area contributed by atoms with E-state index in [1.165, 1.54) is 11.3 Å². The second-order valence-electron chi connectivity index (χ2n) is 6.86. The van der Waals surface area contributed by atoms with Crippen molar-refractivity contribution < 1.29 is 9.47 Å². The van der Waals surface area contributed by atoms with Gasteiger partial charge in [0.25, 0.3) is 0 Å². The maximum absolute atomic E-state index is 5.66. The van der Waals surface area contributed by atoms with Crippen molar-refractivity contribution in [3.05, 3.63) is 48.0 Å². The zero-order chi connectivity index (χ0) is 19.4. The minimum absolute atomic E-state index is 0.376. The summed E-state index contributed by atoms with van der Waals surface area (Å²) in [5.74, 6) is 1.47. The number of ether oxygens (including phenoxy) is 2. The summed E-state index contributed by atoms with van der Waals surface area (Å²) in [6.45, 7) is 7.05. The Kier molecular flexibility index (Phi) is 6.06. The van der Waals surface area contributed by atoms with Crippen LogP contribution in [-0.2, 0) is 0 Å². The predicted molar refractivity (Wildman–Crippen MR) is 115 cm³/mol. The van der Waals surface area contributed by atoms with E-state index in [9.17, 15) is 0 Å². The van der Waals surface area contributed by atoms with E-state index < -0.39 is 0 Å². The maximum atomic E-state index is 5.66. The molecule has 0 saturated carbocycles. The second-order valence-corrected chi connectivity index (χ2v) is 7.24. The summed E-state index contributed by atoms with van der Waals surface area (Å²) in [7, 11) is 3.28. The van der Waals surface area contributed by atoms with Gasteiger partial charge in [-0.3, -0.25) is 0 Å². The van der Waals surface area contributed by atoms with Crippen molar-refractivity contribution in [2.75, 3.05) is 44.1 Å². The van der Waals surface area contributed by atoms with E-state index in [4.69, 9.17) is 21.7 Å². The molecule has 0 aromatic heterocycles. The van der Waals surface area contributed by atoms with Crippen molar-refractivity contribution >= 4 is 28.7 Å².